The van der Waals surface area contributed by atoms with E-state index in [0.29, 0.717) is 5.92 Å². The quantitative estimate of drug-likeness (QED) is 0.888. The molecule has 19 heavy (non-hydrogen) atoms. The molecule has 1 aliphatic heterocycles. The normalized spacial score (nSPS) is 22.7. The number of fused-ring (bicyclic) bond motifs is 1. The van der Waals surface area contributed by atoms with Crippen LogP contribution in [0.5, 0.6) is 0 Å². The summed E-state index contributed by atoms with van der Waals surface area (Å²) in [6.45, 7) is 4.99. The number of hydrogen-bond acceptors (Lipinski definition) is 3. The molecular weight excluding hydrogens is 238 g/mol. The van der Waals surface area contributed by atoms with Gasteiger partial charge in [-0.2, -0.15) is 5.10 Å². The first-order chi connectivity index (χ1) is 9.22. The van der Waals surface area contributed by atoms with Crippen molar-refractivity contribution in [3.05, 3.63) is 30.0 Å². The van der Waals surface area contributed by atoms with E-state index in [-0.39, 0.29) is 6.10 Å². The average Bonchev–Trinajstić information content (AvgIpc) is 2.86. The van der Waals surface area contributed by atoms with Crippen LogP contribution in [0.15, 0.2) is 24.4 Å². The number of benzene rings is 1. The van der Waals surface area contributed by atoms with E-state index in [4.69, 9.17) is 0 Å². The Morgan fingerprint density at radius 1 is 1.53 bits per heavy atom. The number of aromatic amines is 1. The summed E-state index contributed by atoms with van der Waals surface area (Å²) in [6.07, 6.45) is 3.98. The SMILES string of the molecule is C[C@H](O)[C@@H]1CCCN(Cc2ccc3cn[nH]c3c2)C1. The number of likely N-dealkylation sites (tertiary alicyclic amines) is 1. The van der Waals surface area contributed by atoms with Gasteiger partial charge in [-0.25, -0.2) is 0 Å². The molecule has 1 aromatic heterocycles. The molecule has 1 aliphatic rings. The largest absolute Gasteiger partial charge is 0.393 e. The lowest BCUT2D eigenvalue weighted by atomic mass is 9.93. The molecule has 0 aliphatic carbocycles. The van der Waals surface area contributed by atoms with Crippen molar-refractivity contribution in [2.45, 2.75) is 32.4 Å². The second-order valence-electron chi connectivity index (χ2n) is 5.67. The molecule has 1 fully saturated rings. The second-order valence-corrected chi connectivity index (χ2v) is 5.67. The molecule has 4 nitrogen and oxygen atoms in total. The highest BCUT2D eigenvalue weighted by molar-refractivity contribution is 5.78. The van der Waals surface area contributed by atoms with Crippen molar-refractivity contribution in [2.24, 2.45) is 5.92 Å². The summed E-state index contributed by atoms with van der Waals surface area (Å²) >= 11 is 0. The minimum absolute atomic E-state index is 0.196. The van der Waals surface area contributed by atoms with Crippen molar-refractivity contribution in [1.29, 1.82) is 0 Å². The molecule has 1 aromatic carbocycles. The van der Waals surface area contributed by atoms with Crippen LogP contribution in [-0.4, -0.2) is 39.4 Å². The number of nitrogens with zero attached hydrogens (tertiary/aromatic N) is 2. The molecule has 0 spiro atoms. The van der Waals surface area contributed by atoms with Gasteiger partial charge in [0.25, 0.3) is 0 Å². The molecule has 2 aromatic rings. The second kappa shape index (κ2) is 5.31. The van der Waals surface area contributed by atoms with E-state index in [1.54, 1.807) is 0 Å². The first-order valence-electron chi connectivity index (χ1n) is 7.05. The molecule has 102 valence electrons. The predicted octanol–water partition coefficient (Wildman–Crippen LogP) is 2.16. The van der Waals surface area contributed by atoms with Gasteiger partial charge in [-0.15, -0.1) is 0 Å². The molecule has 4 heteroatoms. The van der Waals surface area contributed by atoms with Gasteiger partial charge < -0.3 is 5.11 Å². The number of aliphatic hydroxyl groups excluding tert-OH is 1. The smallest absolute Gasteiger partial charge is 0.0653 e. The van der Waals surface area contributed by atoms with Gasteiger partial charge in [-0.3, -0.25) is 10.00 Å². The summed E-state index contributed by atoms with van der Waals surface area (Å²) in [5.74, 6) is 0.421. The summed E-state index contributed by atoms with van der Waals surface area (Å²) in [7, 11) is 0. The Bertz CT molecular complexity index is 549. The van der Waals surface area contributed by atoms with Crippen molar-refractivity contribution in [3.63, 3.8) is 0 Å². The molecule has 0 unspecified atom stereocenters. The van der Waals surface area contributed by atoms with Crippen LogP contribution in [-0.2, 0) is 6.54 Å². The Morgan fingerprint density at radius 3 is 3.26 bits per heavy atom. The average molecular weight is 259 g/mol. The molecule has 0 saturated carbocycles. The Hall–Kier alpha value is -1.39. The first kappa shape index (κ1) is 12.6. The lowest BCUT2D eigenvalue weighted by Gasteiger charge is -2.34. The zero-order valence-electron chi connectivity index (χ0n) is 11.3. The monoisotopic (exact) mass is 259 g/mol. The highest BCUT2D eigenvalue weighted by atomic mass is 16.3. The van der Waals surface area contributed by atoms with Gasteiger partial charge in [0, 0.05) is 18.5 Å². The topological polar surface area (TPSA) is 52.1 Å². The van der Waals surface area contributed by atoms with E-state index in [9.17, 15) is 5.11 Å². The molecule has 2 atom stereocenters. The summed E-state index contributed by atoms with van der Waals surface area (Å²) < 4.78 is 0. The summed E-state index contributed by atoms with van der Waals surface area (Å²) in [5.41, 5.74) is 2.41. The third kappa shape index (κ3) is 2.80. The fraction of sp³-hybridized carbons (Fsp3) is 0.533. The number of rotatable bonds is 3. The zero-order valence-corrected chi connectivity index (χ0v) is 11.3. The summed E-state index contributed by atoms with van der Waals surface area (Å²) in [6, 6.07) is 6.46. The molecule has 0 bridgehead atoms. The lowest BCUT2D eigenvalue weighted by molar-refractivity contribution is 0.0599. The van der Waals surface area contributed by atoms with Gasteiger partial charge in [-0.1, -0.05) is 12.1 Å². The zero-order chi connectivity index (χ0) is 13.2. The molecule has 2 N–H and O–H groups in total. The Kier molecular flexibility index (Phi) is 3.53. The van der Waals surface area contributed by atoms with Crippen LogP contribution in [0.3, 0.4) is 0 Å². The molecule has 2 heterocycles. The van der Waals surface area contributed by atoms with Gasteiger partial charge in [0.05, 0.1) is 17.8 Å². The Morgan fingerprint density at radius 2 is 2.42 bits per heavy atom. The molecule has 1 saturated heterocycles. The highest BCUT2D eigenvalue weighted by Crippen LogP contribution is 2.22. The van der Waals surface area contributed by atoms with Crippen molar-refractivity contribution in [1.82, 2.24) is 15.1 Å². The number of nitrogens with one attached hydrogen (secondary N) is 1. The first-order valence-corrected chi connectivity index (χ1v) is 7.05. The summed E-state index contributed by atoms with van der Waals surface area (Å²) in [5, 5.41) is 18.0. The highest BCUT2D eigenvalue weighted by Gasteiger charge is 2.23. The minimum atomic E-state index is -0.196. The standard InChI is InChI=1S/C15H21N3O/c1-11(19)14-3-2-6-18(10-14)9-12-4-5-13-8-16-17-15(13)7-12/h4-5,7-8,11,14,19H,2-3,6,9-10H2,1H3,(H,16,17)/t11-,14+/m0/s1. The van der Waals surface area contributed by atoms with E-state index in [2.05, 4.69) is 33.3 Å². The fourth-order valence-corrected chi connectivity index (χ4v) is 2.97. The fourth-order valence-electron chi connectivity index (χ4n) is 2.97. The molecule has 0 radical (unpaired) electrons. The van der Waals surface area contributed by atoms with Crippen LogP contribution in [0.4, 0.5) is 0 Å². The van der Waals surface area contributed by atoms with Gasteiger partial charge in [-0.05, 0) is 43.9 Å². The van der Waals surface area contributed by atoms with E-state index < -0.39 is 0 Å². The van der Waals surface area contributed by atoms with Crippen LogP contribution >= 0.6 is 0 Å². The van der Waals surface area contributed by atoms with E-state index >= 15 is 0 Å². The van der Waals surface area contributed by atoms with Crippen molar-refractivity contribution in [3.8, 4) is 0 Å². The maximum Gasteiger partial charge on any atom is 0.0653 e. The van der Waals surface area contributed by atoms with E-state index in [1.807, 2.05) is 13.1 Å². The van der Waals surface area contributed by atoms with Crippen LogP contribution < -0.4 is 0 Å². The van der Waals surface area contributed by atoms with Crippen molar-refractivity contribution in [2.75, 3.05) is 13.1 Å². The molecular formula is C15H21N3O. The molecule has 3 rings (SSSR count). The van der Waals surface area contributed by atoms with Gasteiger partial charge in [0.2, 0.25) is 0 Å². The van der Waals surface area contributed by atoms with Crippen LogP contribution in [0, 0.1) is 5.92 Å². The third-order valence-corrected chi connectivity index (χ3v) is 4.14. The number of aliphatic hydroxyl groups is 1. The van der Waals surface area contributed by atoms with Crippen molar-refractivity contribution >= 4 is 10.9 Å². The molecule has 0 amide bonds. The van der Waals surface area contributed by atoms with Gasteiger partial charge >= 0.3 is 0 Å². The Labute approximate surface area is 113 Å². The van der Waals surface area contributed by atoms with Gasteiger partial charge in [0.1, 0.15) is 0 Å². The number of piperidine rings is 1. The minimum Gasteiger partial charge on any atom is -0.393 e. The Balaban J connectivity index is 1.69. The maximum absolute atomic E-state index is 9.73. The van der Waals surface area contributed by atoms with Gasteiger partial charge in [0.15, 0.2) is 0 Å². The number of hydrogen-bond donors (Lipinski definition) is 2. The van der Waals surface area contributed by atoms with Crippen molar-refractivity contribution < 1.29 is 5.11 Å². The predicted molar refractivity (Wildman–Crippen MR) is 75.8 cm³/mol. The van der Waals surface area contributed by atoms with Crippen LogP contribution in [0.1, 0.15) is 25.3 Å². The third-order valence-electron chi connectivity index (χ3n) is 4.14. The number of aromatic nitrogens is 2. The maximum atomic E-state index is 9.73. The summed E-state index contributed by atoms with van der Waals surface area (Å²) in [4.78, 5) is 2.44. The van der Waals surface area contributed by atoms with Crippen LogP contribution in [0.25, 0.3) is 10.9 Å². The van der Waals surface area contributed by atoms with E-state index in [1.165, 1.54) is 12.0 Å². The van der Waals surface area contributed by atoms with Crippen LogP contribution in [0.2, 0.25) is 0 Å². The lowest BCUT2D eigenvalue weighted by Crippen LogP contribution is -2.38. The number of H-pyrrole nitrogens is 1. The van der Waals surface area contributed by atoms with E-state index in [0.717, 1.165) is 37.0 Å².